The monoisotopic (exact) mass is 557 g/mol. The summed E-state index contributed by atoms with van der Waals surface area (Å²) in [5.41, 5.74) is 2.54. The molecule has 1 heterocycles. The van der Waals surface area contributed by atoms with E-state index in [-0.39, 0.29) is 6.04 Å². The van der Waals surface area contributed by atoms with Gasteiger partial charge in [-0.2, -0.15) is 0 Å². The van der Waals surface area contributed by atoms with Gasteiger partial charge in [-0.15, -0.1) is 0 Å². The third-order valence-corrected chi connectivity index (χ3v) is 5.88. The van der Waals surface area contributed by atoms with Gasteiger partial charge in [0.05, 0.1) is 24.7 Å². The average Bonchev–Trinajstić information content (AvgIpc) is 3.48. The first-order valence-electron chi connectivity index (χ1n) is 12.0. The van der Waals surface area contributed by atoms with Crippen molar-refractivity contribution in [3.8, 4) is 5.75 Å². The predicted molar refractivity (Wildman–Crippen MR) is 152 cm³/mol. The second-order valence-electron chi connectivity index (χ2n) is 8.22. The van der Waals surface area contributed by atoms with Crippen molar-refractivity contribution in [1.82, 2.24) is 9.55 Å². The molecule has 0 aliphatic rings. The molecule has 4 aromatic rings. The second kappa shape index (κ2) is 18.3. The summed E-state index contributed by atoms with van der Waals surface area (Å²) in [7, 11) is 1.79. The number of hydrogen-bond donors (Lipinski definition) is 0. The first-order chi connectivity index (χ1) is 18.8. The number of imidazole rings is 1. The minimum absolute atomic E-state index is 0.144. The molecule has 0 saturated carbocycles. The van der Waals surface area contributed by atoms with Crippen molar-refractivity contribution in [2.24, 2.45) is 0 Å². The summed E-state index contributed by atoms with van der Waals surface area (Å²) >= 11 is 5.61. The third-order valence-electron chi connectivity index (χ3n) is 5.63. The SMILES string of the molecule is C=O.C=O.CC(c1ccccc1OCCCn1ccnc1)N(C)c1ccc(F)cc1F.Cc1ccc(Cl)cc1. The molecular formula is C30H34ClF2N3O3. The average molecular weight is 558 g/mol. The number of para-hydroxylation sites is 1. The number of anilines is 1. The lowest BCUT2D eigenvalue weighted by Gasteiger charge is -2.29. The van der Waals surface area contributed by atoms with Gasteiger partial charge in [0.2, 0.25) is 0 Å². The van der Waals surface area contributed by atoms with Crippen LogP contribution < -0.4 is 9.64 Å². The highest BCUT2D eigenvalue weighted by Gasteiger charge is 2.19. The molecule has 0 spiro atoms. The molecule has 0 aliphatic heterocycles. The van der Waals surface area contributed by atoms with Gasteiger partial charge in [-0.25, -0.2) is 13.8 Å². The van der Waals surface area contributed by atoms with Gasteiger partial charge < -0.3 is 23.8 Å². The zero-order valence-corrected chi connectivity index (χ0v) is 23.2. The molecule has 1 atom stereocenters. The van der Waals surface area contributed by atoms with Gasteiger partial charge in [-0.3, -0.25) is 0 Å². The summed E-state index contributed by atoms with van der Waals surface area (Å²) < 4.78 is 35.3. The van der Waals surface area contributed by atoms with E-state index in [9.17, 15) is 8.78 Å². The maximum Gasteiger partial charge on any atom is 0.149 e. The quantitative estimate of drug-likeness (QED) is 0.216. The van der Waals surface area contributed by atoms with Crippen molar-refractivity contribution >= 4 is 30.9 Å². The van der Waals surface area contributed by atoms with Gasteiger partial charge in [-0.1, -0.05) is 47.5 Å². The van der Waals surface area contributed by atoms with Crippen LogP contribution in [0.1, 0.15) is 30.5 Å². The zero-order chi connectivity index (χ0) is 29.2. The van der Waals surface area contributed by atoms with Gasteiger partial charge in [0.1, 0.15) is 31.0 Å². The Hall–Kier alpha value is -4.04. The highest BCUT2D eigenvalue weighted by Crippen LogP contribution is 2.32. The fourth-order valence-electron chi connectivity index (χ4n) is 3.52. The van der Waals surface area contributed by atoms with E-state index in [1.165, 1.54) is 17.7 Å². The Morgan fingerprint density at radius 2 is 1.69 bits per heavy atom. The van der Waals surface area contributed by atoms with Crippen LogP contribution in [0, 0.1) is 18.6 Å². The molecule has 0 saturated heterocycles. The highest BCUT2D eigenvalue weighted by molar-refractivity contribution is 6.30. The molecule has 6 nitrogen and oxygen atoms in total. The molecule has 208 valence electrons. The summed E-state index contributed by atoms with van der Waals surface area (Å²) in [5.74, 6) is -0.396. The molecule has 0 fully saturated rings. The van der Waals surface area contributed by atoms with Gasteiger partial charge >= 0.3 is 0 Å². The van der Waals surface area contributed by atoms with Crippen LogP contribution in [0.25, 0.3) is 0 Å². The van der Waals surface area contributed by atoms with Crippen molar-refractivity contribution in [1.29, 1.82) is 0 Å². The highest BCUT2D eigenvalue weighted by atomic mass is 35.5. The number of aryl methyl sites for hydroxylation is 2. The van der Waals surface area contributed by atoms with Crippen LogP contribution in [0.3, 0.4) is 0 Å². The summed E-state index contributed by atoms with van der Waals surface area (Å²) in [4.78, 5) is 21.8. The Morgan fingerprint density at radius 3 is 2.28 bits per heavy atom. The Balaban J connectivity index is 0.000000532. The fourth-order valence-corrected chi connectivity index (χ4v) is 3.65. The number of rotatable bonds is 8. The lowest BCUT2D eigenvalue weighted by molar-refractivity contribution is -0.0987. The van der Waals surface area contributed by atoms with Crippen molar-refractivity contribution in [3.05, 3.63) is 113 Å². The van der Waals surface area contributed by atoms with Crippen molar-refractivity contribution in [3.63, 3.8) is 0 Å². The fraction of sp³-hybridized carbons (Fsp3) is 0.233. The van der Waals surface area contributed by atoms with Crippen molar-refractivity contribution < 1.29 is 23.1 Å². The lowest BCUT2D eigenvalue weighted by atomic mass is 10.1. The molecule has 1 unspecified atom stereocenters. The largest absolute Gasteiger partial charge is 0.493 e. The first-order valence-corrected chi connectivity index (χ1v) is 12.4. The van der Waals surface area contributed by atoms with Crippen LogP contribution >= 0.6 is 11.6 Å². The van der Waals surface area contributed by atoms with Crippen LogP contribution in [0.4, 0.5) is 14.5 Å². The molecule has 1 aromatic heterocycles. The third kappa shape index (κ3) is 11.1. The molecule has 39 heavy (non-hydrogen) atoms. The number of benzene rings is 3. The molecule has 0 aliphatic carbocycles. The number of ether oxygens (including phenoxy) is 1. The summed E-state index contributed by atoms with van der Waals surface area (Å²) in [5, 5.41) is 0.801. The van der Waals surface area contributed by atoms with Gasteiger partial charge in [-0.05, 0) is 50.6 Å². The van der Waals surface area contributed by atoms with Gasteiger partial charge in [0.25, 0.3) is 0 Å². The number of aromatic nitrogens is 2. The van der Waals surface area contributed by atoms with E-state index in [1.807, 2.05) is 86.7 Å². The maximum atomic E-state index is 14.1. The molecule has 0 radical (unpaired) electrons. The van der Waals surface area contributed by atoms with Crippen LogP contribution in [0.15, 0.2) is 85.5 Å². The standard InChI is InChI=1S/C21H23F2N3O.C7H7Cl.2CH2O/c1-16(25(2)20-9-8-17(22)14-19(20)23)18-6-3-4-7-21(18)27-13-5-11-26-12-10-24-15-26;1-6-2-4-7(8)5-3-6;2*1-2/h3-4,6-10,12,14-16H,5,11,13H2,1-2H3;2-5H,1H3;2*1H2. The molecule has 9 heteroatoms. The molecular weight excluding hydrogens is 524 g/mol. The Labute approximate surface area is 233 Å². The van der Waals surface area contributed by atoms with Gasteiger partial charge in [0.15, 0.2) is 0 Å². The van der Waals surface area contributed by atoms with Crippen molar-refractivity contribution in [2.75, 3.05) is 18.6 Å². The molecule has 0 amide bonds. The molecule has 4 rings (SSSR count). The number of carbonyl (C=O) groups is 2. The van der Waals surface area contributed by atoms with E-state index >= 15 is 0 Å². The van der Waals surface area contributed by atoms with E-state index in [1.54, 1.807) is 24.5 Å². The lowest BCUT2D eigenvalue weighted by Crippen LogP contribution is -2.23. The van der Waals surface area contributed by atoms with E-state index in [0.29, 0.717) is 12.3 Å². The predicted octanol–water partition coefficient (Wildman–Crippen LogP) is 7.11. The number of halogens is 3. The van der Waals surface area contributed by atoms with Crippen LogP contribution in [0.2, 0.25) is 5.02 Å². The topological polar surface area (TPSA) is 64.4 Å². The maximum absolute atomic E-state index is 14.1. The second-order valence-corrected chi connectivity index (χ2v) is 8.65. The first kappa shape index (κ1) is 33.0. The Bertz CT molecular complexity index is 1200. The Morgan fingerprint density at radius 1 is 1.03 bits per heavy atom. The smallest absolute Gasteiger partial charge is 0.149 e. The normalized spacial score (nSPS) is 10.4. The summed E-state index contributed by atoms with van der Waals surface area (Å²) in [6.07, 6.45) is 6.30. The molecule has 0 N–H and O–H groups in total. The summed E-state index contributed by atoms with van der Waals surface area (Å²) in [6.45, 7) is 9.40. The zero-order valence-electron chi connectivity index (χ0n) is 22.4. The molecule has 0 bridgehead atoms. The van der Waals surface area contributed by atoms with E-state index in [0.717, 1.165) is 35.4 Å². The van der Waals surface area contributed by atoms with Gasteiger partial charge in [0, 0.05) is 42.6 Å². The van der Waals surface area contributed by atoms with Crippen LogP contribution in [0.5, 0.6) is 5.75 Å². The van der Waals surface area contributed by atoms with E-state index < -0.39 is 11.6 Å². The van der Waals surface area contributed by atoms with Crippen molar-refractivity contribution in [2.45, 2.75) is 32.9 Å². The van der Waals surface area contributed by atoms with E-state index in [2.05, 4.69) is 4.98 Å². The summed E-state index contributed by atoms with van der Waals surface area (Å²) in [6, 6.07) is 18.9. The number of nitrogens with zero attached hydrogens (tertiary/aromatic N) is 3. The number of carbonyl (C=O) groups excluding carboxylic acids is 2. The number of hydrogen-bond acceptors (Lipinski definition) is 5. The minimum atomic E-state index is -0.584. The Kier molecular flexibility index (Phi) is 15.4. The van der Waals surface area contributed by atoms with Crippen LogP contribution in [-0.4, -0.2) is 36.8 Å². The minimum Gasteiger partial charge on any atom is -0.493 e. The van der Waals surface area contributed by atoms with Crippen LogP contribution in [-0.2, 0) is 16.1 Å². The molecule has 3 aromatic carbocycles. The van der Waals surface area contributed by atoms with E-state index in [4.69, 9.17) is 25.9 Å².